The van der Waals surface area contributed by atoms with Crippen LogP contribution in [0.15, 0.2) is 24.3 Å². The van der Waals surface area contributed by atoms with Crippen LogP contribution in [0.4, 0.5) is 0 Å². The summed E-state index contributed by atoms with van der Waals surface area (Å²) < 4.78 is 0. The van der Waals surface area contributed by atoms with Crippen molar-refractivity contribution < 1.29 is 9.90 Å². The van der Waals surface area contributed by atoms with E-state index in [0.29, 0.717) is 5.56 Å². The summed E-state index contributed by atoms with van der Waals surface area (Å²) in [4.78, 5) is 10.4. The van der Waals surface area contributed by atoms with Crippen molar-refractivity contribution in [2.75, 3.05) is 0 Å². The molecule has 14 heavy (non-hydrogen) atoms. The Labute approximate surface area is 83.6 Å². The summed E-state index contributed by atoms with van der Waals surface area (Å²) in [5.74, 6) is 5.51. The van der Waals surface area contributed by atoms with Crippen molar-refractivity contribution in [2.24, 2.45) is 0 Å². The number of aliphatic hydroxyl groups is 1. The summed E-state index contributed by atoms with van der Waals surface area (Å²) in [7, 11) is 0. The predicted octanol–water partition coefficient (Wildman–Crippen LogP) is 1.62. The molecule has 1 N–H and O–H groups in total. The van der Waals surface area contributed by atoms with Gasteiger partial charge in [-0.3, -0.25) is 4.79 Å². The second-order valence-electron chi connectivity index (χ2n) is 3.55. The summed E-state index contributed by atoms with van der Waals surface area (Å²) in [5.41, 5.74) is 0.431. The predicted molar refractivity (Wildman–Crippen MR) is 55.0 cm³/mol. The number of carbonyl (C=O) groups is 1. The molecular formula is C12H12O2. The van der Waals surface area contributed by atoms with E-state index in [1.165, 1.54) is 0 Å². The van der Waals surface area contributed by atoms with Crippen molar-refractivity contribution in [3.63, 3.8) is 0 Å². The van der Waals surface area contributed by atoms with Gasteiger partial charge in [0.1, 0.15) is 11.9 Å². The van der Waals surface area contributed by atoms with Gasteiger partial charge in [-0.1, -0.05) is 24.0 Å². The van der Waals surface area contributed by atoms with Crippen molar-refractivity contribution in [3.05, 3.63) is 35.4 Å². The first-order valence-corrected chi connectivity index (χ1v) is 4.32. The minimum absolute atomic E-state index is 0.624. The molecule has 1 aromatic carbocycles. The third-order valence-corrected chi connectivity index (χ3v) is 1.56. The van der Waals surface area contributed by atoms with Crippen LogP contribution >= 0.6 is 0 Å². The lowest BCUT2D eigenvalue weighted by Gasteiger charge is -2.05. The highest BCUT2D eigenvalue weighted by atomic mass is 16.3. The number of hydrogen-bond acceptors (Lipinski definition) is 2. The molecule has 0 radical (unpaired) electrons. The molecule has 0 saturated carbocycles. The number of aldehydes is 1. The first kappa shape index (κ1) is 10.5. The van der Waals surface area contributed by atoms with Crippen molar-refractivity contribution in [3.8, 4) is 11.8 Å². The van der Waals surface area contributed by atoms with Crippen molar-refractivity contribution in [1.82, 2.24) is 0 Å². The van der Waals surface area contributed by atoms with Crippen molar-refractivity contribution in [2.45, 2.75) is 19.4 Å². The summed E-state index contributed by atoms with van der Waals surface area (Å²) >= 11 is 0. The normalized spacial score (nSPS) is 10.2. The first-order valence-electron chi connectivity index (χ1n) is 4.32. The maximum Gasteiger partial charge on any atom is 0.150 e. The van der Waals surface area contributed by atoms with Gasteiger partial charge in [0.25, 0.3) is 0 Å². The van der Waals surface area contributed by atoms with Crippen LogP contribution in [0, 0.1) is 11.8 Å². The molecule has 2 nitrogen and oxygen atoms in total. The van der Waals surface area contributed by atoms with Gasteiger partial charge >= 0.3 is 0 Å². The van der Waals surface area contributed by atoms with Gasteiger partial charge in [-0.05, 0) is 26.0 Å². The molecule has 1 aromatic rings. The first-order chi connectivity index (χ1) is 6.51. The van der Waals surface area contributed by atoms with E-state index in [-0.39, 0.29) is 0 Å². The quantitative estimate of drug-likeness (QED) is 0.537. The fourth-order valence-electron chi connectivity index (χ4n) is 0.870. The topological polar surface area (TPSA) is 37.3 Å². The molecule has 0 amide bonds. The van der Waals surface area contributed by atoms with E-state index in [1.807, 2.05) is 0 Å². The van der Waals surface area contributed by atoms with E-state index < -0.39 is 5.60 Å². The average Bonchev–Trinajstić information content (AvgIpc) is 2.14. The molecule has 0 saturated heterocycles. The maximum atomic E-state index is 10.4. The molecule has 1 rings (SSSR count). The molecule has 0 aromatic heterocycles. The van der Waals surface area contributed by atoms with Crippen LogP contribution in [-0.4, -0.2) is 17.0 Å². The van der Waals surface area contributed by atoms with Crippen LogP contribution in [0.5, 0.6) is 0 Å². The Morgan fingerprint density at radius 2 is 1.86 bits per heavy atom. The molecule has 0 heterocycles. The fourth-order valence-corrected chi connectivity index (χ4v) is 0.870. The fraction of sp³-hybridized carbons (Fsp3) is 0.250. The van der Waals surface area contributed by atoms with Crippen LogP contribution in [0.2, 0.25) is 0 Å². The van der Waals surface area contributed by atoms with Crippen LogP contribution in [0.1, 0.15) is 29.8 Å². The molecule has 0 aliphatic heterocycles. The molecule has 0 aliphatic rings. The highest BCUT2D eigenvalue weighted by Gasteiger charge is 2.05. The van der Waals surface area contributed by atoms with Crippen LogP contribution in [-0.2, 0) is 0 Å². The van der Waals surface area contributed by atoms with Gasteiger partial charge in [-0.15, -0.1) is 0 Å². The minimum Gasteiger partial charge on any atom is -0.378 e. The highest BCUT2D eigenvalue weighted by Crippen LogP contribution is 2.02. The van der Waals surface area contributed by atoms with Crippen molar-refractivity contribution in [1.29, 1.82) is 0 Å². The van der Waals surface area contributed by atoms with Crippen LogP contribution < -0.4 is 0 Å². The summed E-state index contributed by atoms with van der Waals surface area (Å²) in [6, 6.07) is 6.90. The Morgan fingerprint density at radius 1 is 1.29 bits per heavy atom. The molecule has 0 bridgehead atoms. The monoisotopic (exact) mass is 188 g/mol. The van der Waals surface area contributed by atoms with Gasteiger partial charge < -0.3 is 5.11 Å². The third kappa shape index (κ3) is 3.42. The molecular weight excluding hydrogens is 176 g/mol. The molecule has 0 spiro atoms. The Bertz CT molecular complexity index is 372. The van der Waals surface area contributed by atoms with Gasteiger partial charge in [-0.25, -0.2) is 0 Å². The summed E-state index contributed by atoms with van der Waals surface area (Å²) in [6.07, 6.45) is 0.785. The van der Waals surface area contributed by atoms with Crippen LogP contribution in [0.3, 0.4) is 0 Å². The number of hydrogen-bond donors (Lipinski definition) is 1. The number of rotatable bonds is 1. The Morgan fingerprint density at radius 3 is 2.29 bits per heavy atom. The second kappa shape index (κ2) is 4.08. The maximum absolute atomic E-state index is 10.4. The standard InChI is InChI=1S/C12H12O2/c1-12(2,14)8-7-10-3-5-11(9-13)6-4-10/h3-6,9,14H,1-2H3. The lowest BCUT2D eigenvalue weighted by molar-refractivity contribution is 0.112. The van der Waals surface area contributed by atoms with Gasteiger partial charge in [0.2, 0.25) is 0 Å². The van der Waals surface area contributed by atoms with E-state index in [1.54, 1.807) is 38.1 Å². The number of carbonyl (C=O) groups excluding carboxylic acids is 1. The zero-order valence-corrected chi connectivity index (χ0v) is 8.24. The van der Waals surface area contributed by atoms with E-state index in [4.69, 9.17) is 0 Å². The average molecular weight is 188 g/mol. The minimum atomic E-state index is -0.983. The lowest BCUT2D eigenvalue weighted by atomic mass is 10.1. The molecule has 0 unspecified atom stereocenters. The summed E-state index contributed by atoms with van der Waals surface area (Å²) in [6.45, 7) is 3.25. The van der Waals surface area contributed by atoms with Gasteiger partial charge in [0, 0.05) is 11.1 Å². The smallest absolute Gasteiger partial charge is 0.150 e. The van der Waals surface area contributed by atoms with Crippen LogP contribution in [0.25, 0.3) is 0 Å². The van der Waals surface area contributed by atoms with E-state index >= 15 is 0 Å². The van der Waals surface area contributed by atoms with Gasteiger partial charge in [0.05, 0.1) is 0 Å². The van der Waals surface area contributed by atoms with E-state index in [9.17, 15) is 9.90 Å². The lowest BCUT2D eigenvalue weighted by Crippen LogP contribution is -2.14. The zero-order chi connectivity index (χ0) is 10.6. The molecule has 0 atom stereocenters. The largest absolute Gasteiger partial charge is 0.378 e. The van der Waals surface area contributed by atoms with E-state index in [2.05, 4.69) is 11.8 Å². The van der Waals surface area contributed by atoms with Gasteiger partial charge in [0.15, 0.2) is 0 Å². The Balaban J connectivity index is 2.87. The highest BCUT2D eigenvalue weighted by molar-refractivity contribution is 5.74. The molecule has 0 fully saturated rings. The second-order valence-corrected chi connectivity index (χ2v) is 3.55. The Hall–Kier alpha value is -1.59. The Kier molecular flexibility index (Phi) is 3.06. The third-order valence-electron chi connectivity index (χ3n) is 1.56. The molecule has 2 heteroatoms. The van der Waals surface area contributed by atoms with Gasteiger partial charge in [-0.2, -0.15) is 0 Å². The number of benzene rings is 1. The molecule has 0 aliphatic carbocycles. The van der Waals surface area contributed by atoms with E-state index in [0.717, 1.165) is 11.8 Å². The summed E-state index contributed by atoms with van der Waals surface area (Å²) in [5, 5.41) is 9.35. The molecule has 72 valence electrons. The van der Waals surface area contributed by atoms with Crippen molar-refractivity contribution >= 4 is 6.29 Å². The zero-order valence-electron chi connectivity index (χ0n) is 8.24. The SMILES string of the molecule is CC(C)(O)C#Cc1ccc(C=O)cc1.